The summed E-state index contributed by atoms with van der Waals surface area (Å²) in [6.07, 6.45) is 2.42. The van der Waals surface area contributed by atoms with Gasteiger partial charge in [-0.2, -0.15) is 0 Å². The molecule has 32 heavy (non-hydrogen) atoms. The zero-order valence-corrected chi connectivity index (χ0v) is 18.0. The molecule has 0 radical (unpaired) electrons. The fraction of sp³-hybridized carbons (Fsp3) is 0.0370. The van der Waals surface area contributed by atoms with Gasteiger partial charge in [0.2, 0.25) is 0 Å². The number of halogens is 1. The third-order valence-electron chi connectivity index (χ3n) is 4.91. The van der Waals surface area contributed by atoms with Crippen molar-refractivity contribution in [2.45, 2.75) is 6.42 Å². The molecule has 0 aromatic heterocycles. The molecule has 0 fully saturated rings. The average molecular weight is 441 g/mol. The maximum Gasteiger partial charge on any atom is 0.255 e. The summed E-state index contributed by atoms with van der Waals surface area (Å²) in [5.41, 5.74) is 4.80. The number of hydrogen-bond acceptors (Lipinski definition) is 3. The number of phenolic OH excluding ortho intramolecular Hbond substituents is 1. The van der Waals surface area contributed by atoms with Crippen LogP contribution < -0.4 is 5.32 Å². The molecule has 0 aliphatic heterocycles. The predicted molar refractivity (Wildman–Crippen MR) is 130 cm³/mol. The van der Waals surface area contributed by atoms with Crippen molar-refractivity contribution in [3.05, 3.63) is 124 Å². The van der Waals surface area contributed by atoms with Gasteiger partial charge >= 0.3 is 0 Å². The Kier molecular flexibility index (Phi) is 6.63. The lowest BCUT2D eigenvalue weighted by molar-refractivity contribution is 0.102. The molecule has 2 N–H and O–H groups in total. The highest BCUT2D eigenvalue weighted by molar-refractivity contribution is 6.31. The van der Waals surface area contributed by atoms with Crippen molar-refractivity contribution in [1.82, 2.24) is 0 Å². The number of benzene rings is 4. The molecule has 0 saturated carbocycles. The van der Waals surface area contributed by atoms with Crippen LogP contribution in [0.25, 0.3) is 0 Å². The number of nitrogens with one attached hydrogen (secondary N) is 1. The zero-order chi connectivity index (χ0) is 22.3. The van der Waals surface area contributed by atoms with Gasteiger partial charge in [0.1, 0.15) is 5.75 Å². The monoisotopic (exact) mass is 440 g/mol. The van der Waals surface area contributed by atoms with Gasteiger partial charge in [-0.25, -0.2) is 0 Å². The van der Waals surface area contributed by atoms with Crippen molar-refractivity contribution >= 4 is 35.1 Å². The molecule has 0 bridgehead atoms. The highest BCUT2D eigenvalue weighted by atomic mass is 35.5. The van der Waals surface area contributed by atoms with E-state index < -0.39 is 0 Å². The van der Waals surface area contributed by atoms with Crippen LogP contribution in [0.15, 0.2) is 102 Å². The first-order valence-electron chi connectivity index (χ1n) is 10.1. The first-order valence-corrected chi connectivity index (χ1v) is 10.5. The van der Waals surface area contributed by atoms with Crippen LogP contribution in [-0.4, -0.2) is 17.2 Å². The molecule has 0 aliphatic rings. The van der Waals surface area contributed by atoms with Gasteiger partial charge in [-0.3, -0.25) is 9.79 Å². The Morgan fingerprint density at radius 1 is 0.875 bits per heavy atom. The summed E-state index contributed by atoms with van der Waals surface area (Å²) in [6, 6.07) is 29.7. The summed E-state index contributed by atoms with van der Waals surface area (Å²) in [5, 5.41) is 13.6. The SMILES string of the molecule is O=C(Nc1ccc(N=Cc2cc(Cc3ccccc3)ccc2O)cc1)c1cccc(Cl)c1. The van der Waals surface area contributed by atoms with Crippen molar-refractivity contribution < 1.29 is 9.90 Å². The minimum atomic E-state index is -0.232. The van der Waals surface area contributed by atoms with E-state index in [-0.39, 0.29) is 11.7 Å². The molecular weight excluding hydrogens is 420 g/mol. The summed E-state index contributed by atoms with van der Waals surface area (Å²) in [7, 11) is 0. The second kappa shape index (κ2) is 9.94. The predicted octanol–water partition coefficient (Wildman–Crippen LogP) is 6.64. The van der Waals surface area contributed by atoms with Crippen LogP contribution in [0.5, 0.6) is 5.75 Å². The summed E-state index contributed by atoms with van der Waals surface area (Å²) in [6.45, 7) is 0. The standard InChI is InChI=1S/C27H21ClN2O2/c28-23-8-4-7-21(17-23)27(32)30-25-12-10-24(11-13-25)29-18-22-16-20(9-14-26(22)31)15-19-5-2-1-3-6-19/h1-14,16-18,31H,15H2,(H,30,32). The Hall–Kier alpha value is -3.89. The average Bonchev–Trinajstić information content (AvgIpc) is 2.81. The fourth-order valence-corrected chi connectivity index (χ4v) is 3.45. The number of carbonyl (C=O) groups excluding carboxylic acids is 1. The number of nitrogens with zero attached hydrogens (tertiary/aromatic N) is 1. The summed E-state index contributed by atoms with van der Waals surface area (Å²) >= 11 is 5.95. The molecule has 1 amide bonds. The molecule has 4 rings (SSSR count). The molecule has 0 heterocycles. The summed E-state index contributed by atoms with van der Waals surface area (Å²) in [4.78, 5) is 16.8. The largest absolute Gasteiger partial charge is 0.507 e. The van der Waals surface area contributed by atoms with E-state index in [0.717, 1.165) is 12.0 Å². The van der Waals surface area contributed by atoms with E-state index in [9.17, 15) is 9.90 Å². The Balaban J connectivity index is 1.43. The van der Waals surface area contributed by atoms with E-state index in [1.165, 1.54) is 5.56 Å². The summed E-state index contributed by atoms with van der Waals surface area (Å²) in [5.74, 6) is -0.0557. The molecule has 0 spiro atoms. The smallest absolute Gasteiger partial charge is 0.255 e. The highest BCUT2D eigenvalue weighted by Gasteiger charge is 2.07. The van der Waals surface area contributed by atoms with E-state index >= 15 is 0 Å². The van der Waals surface area contributed by atoms with Crippen LogP contribution in [-0.2, 0) is 6.42 Å². The van der Waals surface area contributed by atoms with Crippen molar-refractivity contribution in [2.75, 3.05) is 5.32 Å². The Labute approximate surface area is 191 Å². The van der Waals surface area contributed by atoms with Gasteiger partial charge in [0.15, 0.2) is 0 Å². The molecule has 0 aliphatic carbocycles. The van der Waals surface area contributed by atoms with Crippen molar-refractivity contribution in [3.8, 4) is 5.75 Å². The first kappa shape index (κ1) is 21.3. The van der Waals surface area contributed by atoms with Gasteiger partial charge < -0.3 is 10.4 Å². The van der Waals surface area contributed by atoms with Gasteiger partial charge in [0.25, 0.3) is 5.91 Å². The first-order chi connectivity index (χ1) is 15.6. The van der Waals surface area contributed by atoms with Crippen LogP contribution in [0.2, 0.25) is 5.02 Å². The molecule has 4 aromatic rings. The number of aliphatic imine (C=N–C) groups is 1. The molecular formula is C27H21ClN2O2. The Morgan fingerprint density at radius 3 is 2.41 bits per heavy atom. The van der Waals surface area contributed by atoms with E-state index in [2.05, 4.69) is 22.4 Å². The number of phenols is 1. The second-order valence-corrected chi connectivity index (χ2v) is 7.76. The van der Waals surface area contributed by atoms with Gasteiger partial charge in [-0.1, -0.05) is 54.1 Å². The van der Waals surface area contributed by atoms with Gasteiger partial charge in [-0.05, 0) is 72.1 Å². The van der Waals surface area contributed by atoms with Crippen LogP contribution in [0, 0.1) is 0 Å². The normalized spacial score (nSPS) is 10.9. The van der Waals surface area contributed by atoms with E-state index in [1.807, 2.05) is 30.3 Å². The lowest BCUT2D eigenvalue weighted by Crippen LogP contribution is -2.11. The number of rotatable bonds is 6. The molecule has 5 heteroatoms. The molecule has 4 nitrogen and oxygen atoms in total. The van der Waals surface area contributed by atoms with Crippen LogP contribution in [0.4, 0.5) is 11.4 Å². The second-order valence-electron chi connectivity index (χ2n) is 7.33. The fourth-order valence-electron chi connectivity index (χ4n) is 3.26. The number of hydrogen-bond donors (Lipinski definition) is 2. The van der Waals surface area contributed by atoms with Crippen molar-refractivity contribution in [2.24, 2.45) is 4.99 Å². The van der Waals surface area contributed by atoms with Gasteiger partial charge in [0.05, 0.1) is 5.69 Å². The van der Waals surface area contributed by atoms with E-state index in [4.69, 9.17) is 11.6 Å². The third-order valence-corrected chi connectivity index (χ3v) is 5.14. The Morgan fingerprint density at radius 2 is 1.66 bits per heavy atom. The lowest BCUT2D eigenvalue weighted by Gasteiger charge is -2.06. The lowest BCUT2D eigenvalue weighted by atomic mass is 10.0. The van der Waals surface area contributed by atoms with Crippen LogP contribution in [0.3, 0.4) is 0 Å². The number of carbonyl (C=O) groups is 1. The molecule has 158 valence electrons. The molecule has 4 aromatic carbocycles. The van der Waals surface area contributed by atoms with E-state index in [1.54, 1.807) is 60.8 Å². The van der Waals surface area contributed by atoms with E-state index in [0.29, 0.717) is 27.5 Å². The number of aromatic hydroxyl groups is 1. The van der Waals surface area contributed by atoms with Crippen molar-refractivity contribution in [1.29, 1.82) is 0 Å². The van der Waals surface area contributed by atoms with Gasteiger partial charge in [-0.15, -0.1) is 0 Å². The molecule has 0 atom stereocenters. The maximum atomic E-state index is 12.3. The highest BCUT2D eigenvalue weighted by Crippen LogP contribution is 2.22. The number of anilines is 1. The Bertz CT molecular complexity index is 1250. The van der Waals surface area contributed by atoms with Crippen LogP contribution >= 0.6 is 11.6 Å². The maximum absolute atomic E-state index is 12.3. The molecule has 0 saturated heterocycles. The van der Waals surface area contributed by atoms with Gasteiger partial charge in [0, 0.05) is 28.1 Å². The minimum absolute atomic E-state index is 0.177. The third kappa shape index (κ3) is 5.62. The van der Waals surface area contributed by atoms with Crippen molar-refractivity contribution in [3.63, 3.8) is 0 Å². The summed E-state index contributed by atoms with van der Waals surface area (Å²) < 4.78 is 0. The zero-order valence-electron chi connectivity index (χ0n) is 17.2. The number of amides is 1. The topological polar surface area (TPSA) is 61.7 Å². The van der Waals surface area contributed by atoms with Crippen LogP contribution in [0.1, 0.15) is 27.0 Å². The minimum Gasteiger partial charge on any atom is -0.507 e. The molecule has 0 unspecified atom stereocenters. The quantitative estimate of drug-likeness (QED) is 0.330.